The van der Waals surface area contributed by atoms with Crippen molar-refractivity contribution in [3.63, 3.8) is 0 Å². The molecule has 0 N–H and O–H groups in total. The topological polar surface area (TPSA) is 108 Å². The van der Waals surface area contributed by atoms with Crippen molar-refractivity contribution in [3.05, 3.63) is 34.5 Å². The fourth-order valence-corrected chi connectivity index (χ4v) is 4.32. The first kappa shape index (κ1) is 20.3. The molecule has 30 heavy (non-hydrogen) atoms. The highest BCUT2D eigenvalue weighted by atomic mass is 19.1. The largest absolute Gasteiger partial charge is 0.460 e. The van der Waals surface area contributed by atoms with Gasteiger partial charge in [0.1, 0.15) is 17.5 Å². The van der Waals surface area contributed by atoms with Gasteiger partial charge in [0.2, 0.25) is 0 Å². The minimum absolute atomic E-state index is 0.0364. The summed E-state index contributed by atoms with van der Waals surface area (Å²) in [7, 11) is 0. The van der Waals surface area contributed by atoms with Gasteiger partial charge in [-0.15, -0.1) is 0 Å². The van der Waals surface area contributed by atoms with Gasteiger partial charge < -0.3 is 14.4 Å². The molecule has 2 saturated heterocycles. The summed E-state index contributed by atoms with van der Waals surface area (Å²) in [5.74, 6) is -0.331. The van der Waals surface area contributed by atoms with Crippen molar-refractivity contribution in [1.29, 1.82) is 0 Å². The second-order valence-corrected chi connectivity index (χ2v) is 8.96. The van der Waals surface area contributed by atoms with E-state index in [0.29, 0.717) is 24.5 Å². The first-order valence-corrected chi connectivity index (χ1v) is 9.94. The Kier molecular flexibility index (Phi) is 4.97. The number of carbonyl (C=O) groups is 2. The maximum atomic E-state index is 14.8. The normalized spacial score (nSPS) is 27.4. The molecule has 1 amide bonds. The maximum absolute atomic E-state index is 14.8. The van der Waals surface area contributed by atoms with E-state index >= 15 is 0 Å². The summed E-state index contributed by atoms with van der Waals surface area (Å²) in [6.45, 7) is 6.98. The SMILES string of the molecule is CC(C)(C)OC(=O)C1[C@H]2CN(c3ccc(N4C[C@@H](CN=[N+]=[N-])OC4=O)cc3F)C[C@@H]12. The lowest BCUT2D eigenvalue weighted by atomic mass is 10.1. The highest BCUT2D eigenvalue weighted by Gasteiger charge is 2.61. The molecule has 1 aromatic carbocycles. The Morgan fingerprint density at radius 3 is 2.63 bits per heavy atom. The third-order valence-corrected chi connectivity index (χ3v) is 5.68. The Morgan fingerprint density at radius 2 is 2.03 bits per heavy atom. The number of ether oxygens (including phenoxy) is 2. The van der Waals surface area contributed by atoms with E-state index in [-0.39, 0.29) is 36.8 Å². The molecule has 1 saturated carbocycles. The maximum Gasteiger partial charge on any atom is 0.414 e. The van der Waals surface area contributed by atoms with E-state index in [1.807, 2.05) is 25.7 Å². The molecule has 3 aliphatic rings. The van der Waals surface area contributed by atoms with Crippen molar-refractivity contribution in [2.24, 2.45) is 22.9 Å². The number of esters is 1. The van der Waals surface area contributed by atoms with E-state index in [1.165, 1.54) is 11.0 Å². The van der Waals surface area contributed by atoms with Crippen LogP contribution in [0.5, 0.6) is 0 Å². The summed E-state index contributed by atoms with van der Waals surface area (Å²) < 4.78 is 25.4. The number of benzene rings is 1. The lowest BCUT2D eigenvalue weighted by Gasteiger charge is -2.25. The first-order valence-electron chi connectivity index (χ1n) is 9.94. The molecule has 1 unspecified atom stereocenters. The Labute approximate surface area is 173 Å². The van der Waals surface area contributed by atoms with Crippen LogP contribution in [0.3, 0.4) is 0 Å². The van der Waals surface area contributed by atoms with E-state index in [4.69, 9.17) is 15.0 Å². The summed E-state index contributed by atoms with van der Waals surface area (Å²) in [5.41, 5.74) is 8.72. The number of rotatable bonds is 5. The minimum atomic E-state index is -0.595. The Morgan fingerprint density at radius 1 is 1.33 bits per heavy atom. The molecular weight excluding hydrogens is 393 g/mol. The number of amides is 1. The molecule has 0 radical (unpaired) electrons. The second kappa shape index (κ2) is 7.36. The lowest BCUT2D eigenvalue weighted by molar-refractivity contribution is -0.157. The third-order valence-electron chi connectivity index (χ3n) is 5.68. The van der Waals surface area contributed by atoms with Gasteiger partial charge in [-0.05, 0) is 56.3 Å². The van der Waals surface area contributed by atoms with Gasteiger partial charge in [-0.3, -0.25) is 9.69 Å². The zero-order valence-electron chi connectivity index (χ0n) is 17.1. The standard InChI is InChI=1S/C20H24FN5O4/c1-20(2,3)30-18(27)17-13-9-25(10-14(13)17)16-5-4-11(6-15(16)21)26-8-12(7-23-24-22)29-19(26)28/h4-6,12-14,17H,7-10H2,1-3H3/t12-,13-,14+,17?/m1/s1. The molecule has 0 aromatic heterocycles. The second-order valence-electron chi connectivity index (χ2n) is 8.96. The Bertz CT molecular complexity index is 914. The lowest BCUT2D eigenvalue weighted by Crippen LogP contribution is -2.31. The molecule has 4 atom stereocenters. The fourth-order valence-electron chi connectivity index (χ4n) is 4.32. The molecule has 1 aliphatic carbocycles. The van der Waals surface area contributed by atoms with Crippen molar-refractivity contribution in [2.75, 3.05) is 36.0 Å². The van der Waals surface area contributed by atoms with Gasteiger partial charge in [0, 0.05) is 18.0 Å². The summed E-state index contributed by atoms with van der Waals surface area (Å²) >= 11 is 0. The number of hydrogen-bond acceptors (Lipinski definition) is 6. The van der Waals surface area contributed by atoms with Crippen LogP contribution in [0.15, 0.2) is 23.3 Å². The molecule has 4 rings (SSSR count). The number of fused-ring (bicyclic) bond motifs is 1. The van der Waals surface area contributed by atoms with Crippen LogP contribution in [-0.2, 0) is 14.3 Å². The smallest absolute Gasteiger partial charge is 0.414 e. The summed E-state index contributed by atoms with van der Waals surface area (Å²) in [5, 5.41) is 3.41. The molecule has 2 aliphatic heterocycles. The predicted molar refractivity (Wildman–Crippen MR) is 107 cm³/mol. The van der Waals surface area contributed by atoms with E-state index < -0.39 is 23.6 Å². The molecule has 3 fully saturated rings. The van der Waals surface area contributed by atoms with Crippen LogP contribution in [-0.4, -0.2) is 49.9 Å². The molecule has 1 aromatic rings. The Balaban J connectivity index is 1.38. The summed E-state index contributed by atoms with van der Waals surface area (Å²) in [6, 6.07) is 4.62. The highest BCUT2D eigenvalue weighted by molar-refractivity contribution is 5.90. The average Bonchev–Trinajstić information content (AvgIpc) is 2.97. The van der Waals surface area contributed by atoms with Gasteiger partial charge in [0.05, 0.1) is 30.4 Å². The van der Waals surface area contributed by atoms with Crippen LogP contribution in [0.4, 0.5) is 20.6 Å². The zero-order chi connectivity index (χ0) is 21.6. The quantitative estimate of drug-likeness (QED) is 0.315. The molecule has 9 nitrogen and oxygen atoms in total. The van der Waals surface area contributed by atoms with Crippen LogP contribution in [0.2, 0.25) is 0 Å². The van der Waals surface area contributed by atoms with Gasteiger partial charge >= 0.3 is 12.1 Å². The fraction of sp³-hybridized carbons (Fsp3) is 0.600. The molecule has 0 bridgehead atoms. The number of hydrogen-bond donors (Lipinski definition) is 0. The molecule has 2 heterocycles. The van der Waals surface area contributed by atoms with Gasteiger partial charge in [0.15, 0.2) is 0 Å². The third kappa shape index (κ3) is 3.87. The van der Waals surface area contributed by atoms with Gasteiger partial charge in [-0.1, -0.05) is 5.11 Å². The van der Waals surface area contributed by atoms with Crippen LogP contribution in [0.25, 0.3) is 10.4 Å². The van der Waals surface area contributed by atoms with E-state index in [2.05, 4.69) is 10.0 Å². The van der Waals surface area contributed by atoms with Crippen molar-refractivity contribution in [2.45, 2.75) is 32.5 Å². The van der Waals surface area contributed by atoms with E-state index in [0.717, 1.165) is 0 Å². The number of azide groups is 1. The van der Waals surface area contributed by atoms with E-state index in [9.17, 15) is 14.0 Å². The van der Waals surface area contributed by atoms with Gasteiger partial charge in [-0.25, -0.2) is 9.18 Å². The van der Waals surface area contributed by atoms with E-state index in [1.54, 1.807) is 12.1 Å². The number of nitrogens with zero attached hydrogens (tertiary/aromatic N) is 5. The number of piperidine rings is 1. The van der Waals surface area contributed by atoms with Crippen LogP contribution >= 0.6 is 0 Å². The van der Waals surface area contributed by atoms with Crippen LogP contribution in [0.1, 0.15) is 20.8 Å². The minimum Gasteiger partial charge on any atom is -0.460 e. The molecule has 160 valence electrons. The number of cyclic esters (lactones) is 1. The number of anilines is 2. The van der Waals surface area contributed by atoms with Crippen molar-refractivity contribution in [3.8, 4) is 0 Å². The highest BCUT2D eigenvalue weighted by Crippen LogP contribution is 2.53. The van der Waals surface area contributed by atoms with Gasteiger partial charge in [-0.2, -0.15) is 0 Å². The first-order chi connectivity index (χ1) is 14.2. The zero-order valence-corrected chi connectivity index (χ0v) is 17.1. The monoisotopic (exact) mass is 417 g/mol. The van der Waals surface area contributed by atoms with Crippen molar-refractivity contribution >= 4 is 23.4 Å². The molecular formula is C20H24FN5O4. The Hall–Kier alpha value is -3.00. The molecule has 0 spiro atoms. The predicted octanol–water partition coefficient (Wildman–Crippen LogP) is 3.49. The number of halogens is 1. The van der Waals surface area contributed by atoms with Crippen molar-refractivity contribution in [1.82, 2.24) is 0 Å². The molecule has 10 heteroatoms. The summed E-state index contributed by atoms with van der Waals surface area (Å²) in [4.78, 5) is 30.2. The van der Waals surface area contributed by atoms with Gasteiger partial charge in [0.25, 0.3) is 0 Å². The van der Waals surface area contributed by atoms with Crippen LogP contribution in [0, 0.1) is 23.6 Å². The average molecular weight is 417 g/mol. The van der Waals surface area contributed by atoms with Crippen LogP contribution < -0.4 is 9.80 Å². The number of carbonyl (C=O) groups excluding carboxylic acids is 2. The van der Waals surface area contributed by atoms with Crippen molar-refractivity contribution < 1.29 is 23.5 Å². The summed E-state index contributed by atoms with van der Waals surface area (Å²) in [6.07, 6.45) is -1.14.